The topological polar surface area (TPSA) is 53.6 Å². The fourth-order valence-electron chi connectivity index (χ4n) is 2.55. The quantitative estimate of drug-likeness (QED) is 0.843. The molecule has 1 heterocycles. The van der Waals surface area contributed by atoms with Gasteiger partial charge in [0.15, 0.2) is 0 Å². The first-order valence-corrected chi connectivity index (χ1v) is 7.96. The fourth-order valence-corrected chi connectivity index (χ4v) is 2.55. The lowest BCUT2D eigenvalue weighted by atomic mass is 9.94. The van der Waals surface area contributed by atoms with Gasteiger partial charge in [0, 0.05) is 18.3 Å². The molecule has 2 atom stereocenters. The number of rotatable bonds is 6. The second-order valence-corrected chi connectivity index (χ2v) is 6.31. The molecule has 0 aromatic heterocycles. The third kappa shape index (κ3) is 5.31. The SMILES string of the molecule is CC1CCNC(C(=O)Nc2cccc(OCCN(C)C)c2)C1. The highest BCUT2D eigenvalue weighted by atomic mass is 16.5. The van der Waals surface area contributed by atoms with Gasteiger partial charge >= 0.3 is 0 Å². The Labute approximate surface area is 133 Å². The molecule has 1 amide bonds. The van der Waals surface area contributed by atoms with Gasteiger partial charge in [-0.3, -0.25) is 4.79 Å². The Hall–Kier alpha value is -1.59. The molecule has 2 rings (SSSR count). The van der Waals surface area contributed by atoms with Crippen molar-refractivity contribution in [3.8, 4) is 5.75 Å². The number of hydrogen-bond donors (Lipinski definition) is 2. The van der Waals surface area contributed by atoms with E-state index in [-0.39, 0.29) is 11.9 Å². The third-order valence-electron chi connectivity index (χ3n) is 3.89. The normalized spacial score (nSPS) is 21.6. The number of carbonyl (C=O) groups is 1. The second kappa shape index (κ2) is 8.15. The highest BCUT2D eigenvalue weighted by Crippen LogP contribution is 2.20. The Morgan fingerprint density at radius 1 is 1.45 bits per heavy atom. The van der Waals surface area contributed by atoms with Crippen LogP contribution in [0.5, 0.6) is 5.75 Å². The summed E-state index contributed by atoms with van der Waals surface area (Å²) in [5.41, 5.74) is 0.785. The lowest BCUT2D eigenvalue weighted by molar-refractivity contribution is -0.119. The van der Waals surface area contributed by atoms with Crippen LogP contribution in [0.25, 0.3) is 0 Å². The molecular formula is C17H27N3O2. The molecule has 0 saturated carbocycles. The standard InChI is InChI=1S/C17H27N3O2/c1-13-7-8-18-16(11-13)17(21)19-14-5-4-6-15(12-14)22-10-9-20(2)3/h4-6,12-13,16,18H,7-11H2,1-3H3,(H,19,21). The van der Waals surface area contributed by atoms with Crippen LogP contribution in [-0.2, 0) is 4.79 Å². The maximum absolute atomic E-state index is 12.3. The highest BCUT2D eigenvalue weighted by Gasteiger charge is 2.24. The Balaban J connectivity index is 1.87. The van der Waals surface area contributed by atoms with Gasteiger partial charge in [0.2, 0.25) is 5.91 Å². The molecule has 0 bridgehead atoms. The van der Waals surface area contributed by atoms with Gasteiger partial charge in [-0.25, -0.2) is 0 Å². The van der Waals surface area contributed by atoms with Gasteiger partial charge in [-0.2, -0.15) is 0 Å². The van der Waals surface area contributed by atoms with Crippen LogP contribution in [0, 0.1) is 5.92 Å². The molecule has 1 aliphatic rings. The van der Waals surface area contributed by atoms with E-state index >= 15 is 0 Å². The Morgan fingerprint density at radius 3 is 3.00 bits per heavy atom. The summed E-state index contributed by atoms with van der Waals surface area (Å²) in [4.78, 5) is 14.4. The predicted molar refractivity (Wildman–Crippen MR) is 89.3 cm³/mol. The number of nitrogens with one attached hydrogen (secondary N) is 2. The van der Waals surface area contributed by atoms with E-state index in [0.717, 1.165) is 37.4 Å². The van der Waals surface area contributed by atoms with Crippen molar-refractivity contribution in [1.29, 1.82) is 0 Å². The monoisotopic (exact) mass is 305 g/mol. The molecule has 1 fully saturated rings. The minimum Gasteiger partial charge on any atom is -0.492 e. The van der Waals surface area contributed by atoms with Crippen molar-refractivity contribution >= 4 is 11.6 Å². The van der Waals surface area contributed by atoms with Crippen molar-refractivity contribution in [3.05, 3.63) is 24.3 Å². The molecule has 0 radical (unpaired) electrons. The summed E-state index contributed by atoms with van der Waals surface area (Å²) in [6.07, 6.45) is 2.03. The summed E-state index contributed by atoms with van der Waals surface area (Å²) < 4.78 is 5.69. The maximum atomic E-state index is 12.3. The van der Waals surface area contributed by atoms with Crippen LogP contribution in [0.15, 0.2) is 24.3 Å². The van der Waals surface area contributed by atoms with E-state index in [9.17, 15) is 4.79 Å². The summed E-state index contributed by atoms with van der Waals surface area (Å²) in [6, 6.07) is 7.48. The van der Waals surface area contributed by atoms with E-state index in [1.54, 1.807) is 0 Å². The number of carbonyl (C=O) groups excluding carboxylic acids is 1. The number of benzene rings is 1. The molecule has 1 aromatic carbocycles. The molecule has 2 unspecified atom stereocenters. The minimum atomic E-state index is -0.0953. The molecule has 1 aliphatic heterocycles. The van der Waals surface area contributed by atoms with Crippen molar-refractivity contribution in [2.75, 3.05) is 39.1 Å². The predicted octanol–water partition coefficient (Wildman–Crippen LogP) is 1.95. The van der Waals surface area contributed by atoms with Crippen LogP contribution in [0.3, 0.4) is 0 Å². The minimum absolute atomic E-state index is 0.0389. The summed E-state index contributed by atoms with van der Waals surface area (Å²) in [6.45, 7) is 4.60. The Morgan fingerprint density at radius 2 is 2.27 bits per heavy atom. The van der Waals surface area contributed by atoms with Crippen LogP contribution >= 0.6 is 0 Å². The largest absolute Gasteiger partial charge is 0.492 e. The van der Waals surface area contributed by atoms with E-state index in [1.165, 1.54) is 0 Å². The van der Waals surface area contributed by atoms with Crippen LogP contribution in [0.1, 0.15) is 19.8 Å². The maximum Gasteiger partial charge on any atom is 0.241 e. The lowest BCUT2D eigenvalue weighted by Gasteiger charge is -2.27. The van der Waals surface area contributed by atoms with Gasteiger partial charge in [-0.15, -0.1) is 0 Å². The summed E-state index contributed by atoms with van der Waals surface area (Å²) in [5, 5.41) is 6.26. The lowest BCUT2D eigenvalue weighted by Crippen LogP contribution is -2.45. The molecule has 122 valence electrons. The summed E-state index contributed by atoms with van der Waals surface area (Å²) >= 11 is 0. The smallest absolute Gasteiger partial charge is 0.241 e. The number of likely N-dealkylation sites (N-methyl/N-ethyl adjacent to an activating group) is 1. The van der Waals surface area contributed by atoms with Crippen LogP contribution in [-0.4, -0.2) is 50.6 Å². The van der Waals surface area contributed by atoms with Crippen LogP contribution in [0.2, 0.25) is 0 Å². The first kappa shape index (κ1) is 16.8. The van der Waals surface area contributed by atoms with E-state index < -0.39 is 0 Å². The molecule has 2 N–H and O–H groups in total. The van der Waals surface area contributed by atoms with Crippen molar-refractivity contribution in [1.82, 2.24) is 10.2 Å². The third-order valence-corrected chi connectivity index (χ3v) is 3.89. The fraction of sp³-hybridized carbons (Fsp3) is 0.588. The Kier molecular flexibility index (Phi) is 6.21. The molecule has 0 aliphatic carbocycles. The van der Waals surface area contributed by atoms with Gasteiger partial charge < -0.3 is 20.3 Å². The number of anilines is 1. The van der Waals surface area contributed by atoms with Gasteiger partial charge in [0.05, 0.1) is 6.04 Å². The second-order valence-electron chi connectivity index (χ2n) is 6.31. The summed E-state index contributed by atoms with van der Waals surface area (Å²) in [5.74, 6) is 1.42. The van der Waals surface area contributed by atoms with Gasteiger partial charge in [0.25, 0.3) is 0 Å². The van der Waals surface area contributed by atoms with Crippen molar-refractivity contribution in [2.24, 2.45) is 5.92 Å². The average molecular weight is 305 g/mol. The molecule has 22 heavy (non-hydrogen) atoms. The molecule has 5 heteroatoms. The van der Waals surface area contributed by atoms with E-state index in [1.807, 2.05) is 38.4 Å². The van der Waals surface area contributed by atoms with Crippen molar-refractivity contribution in [3.63, 3.8) is 0 Å². The number of ether oxygens (including phenoxy) is 1. The van der Waals surface area contributed by atoms with Crippen molar-refractivity contribution < 1.29 is 9.53 Å². The van der Waals surface area contributed by atoms with E-state index in [4.69, 9.17) is 4.74 Å². The number of amides is 1. The zero-order valence-corrected chi connectivity index (χ0v) is 13.8. The van der Waals surface area contributed by atoms with E-state index in [0.29, 0.717) is 12.5 Å². The van der Waals surface area contributed by atoms with Crippen molar-refractivity contribution in [2.45, 2.75) is 25.8 Å². The first-order valence-electron chi connectivity index (χ1n) is 7.96. The Bertz CT molecular complexity index is 491. The summed E-state index contributed by atoms with van der Waals surface area (Å²) in [7, 11) is 4.02. The zero-order valence-electron chi connectivity index (χ0n) is 13.8. The van der Waals surface area contributed by atoms with Crippen LogP contribution < -0.4 is 15.4 Å². The van der Waals surface area contributed by atoms with Crippen LogP contribution in [0.4, 0.5) is 5.69 Å². The molecule has 1 aromatic rings. The number of nitrogens with zero attached hydrogens (tertiary/aromatic N) is 1. The van der Waals surface area contributed by atoms with Gasteiger partial charge in [0.1, 0.15) is 12.4 Å². The molecule has 5 nitrogen and oxygen atoms in total. The average Bonchev–Trinajstić information content (AvgIpc) is 2.47. The van der Waals surface area contributed by atoms with Gasteiger partial charge in [-0.05, 0) is 51.5 Å². The highest BCUT2D eigenvalue weighted by molar-refractivity contribution is 5.95. The molecule has 1 saturated heterocycles. The zero-order chi connectivity index (χ0) is 15.9. The number of piperidine rings is 1. The first-order chi connectivity index (χ1) is 10.5. The molecule has 0 spiro atoms. The molecular weight excluding hydrogens is 278 g/mol. The van der Waals surface area contributed by atoms with E-state index in [2.05, 4.69) is 22.5 Å². The number of hydrogen-bond acceptors (Lipinski definition) is 4. The van der Waals surface area contributed by atoms with Gasteiger partial charge in [-0.1, -0.05) is 13.0 Å².